The van der Waals surface area contributed by atoms with E-state index in [0.29, 0.717) is 0 Å². The topological polar surface area (TPSA) is 56.3 Å². The maximum atomic E-state index is 5.26. The van der Waals surface area contributed by atoms with E-state index in [1.807, 2.05) is 29.6 Å². The predicted octanol–water partition coefficient (Wildman–Crippen LogP) is 3.87. The van der Waals surface area contributed by atoms with Gasteiger partial charge in [-0.2, -0.15) is 0 Å². The third-order valence-corrected chi connectivity index (χ3v) is 3.77. The molecule has 0 aliphatic rings. The molecule has 3 aromatic rings. The van der Waals surface area contributed by atoms with Crippen LogP contribution in [-0.4, -0.2) is 24.2 Å². The molecule has 7 heteroatoms. The van der Waals surface area contributed by atoms with Crippen molar-refractivity contribution in [1.29, 1.82) is 0 Å². The number of ether oxygens (including phenoxy) is 2. The predicted molar refractivity (Wildman–Crippen MR) is 87.5 cm³/mol. The molecule has 0 spiro atoms. The van der Waals surface area contributed by atoms with Crippen LogP contribution in [0.15, 0.2) is 36.0 Å². The first-order chi connectivity index (χ1) is 9.80. The first-order valence-corrected chi connectivity index (χ1v) is 6.86. The molecule has 0 bridgehead atoms. The van der Waals surface area contributed by atoms with Gasteiger partial charge in [0.05, 0.1) is 24.4 Å². The van der Waals surface area contributed by atoms with E-state index in [0.717, 1.165) is 33.2 Å². The highest BCUT2D eigenvalue weighted by atomic mass is 35.5. The number of rotatable bonds is 4. The fraction of sp³-hybridized carbons (Fsp3) is 0.143. The lowest BCUT2D eigenvalue weighted by atomic mass is 10.2. The summed E-state index contributed by atoms with van der Waals surface area (Å²) in [5.74, 6) is 2.23. The quantitative estimate of drug-likeness (QED) is 0.789. The molecule has 2 heterocycles. The molecule has 1 N–H and O–H groups in total. The maximum absolute atomic E-state index is 5.26. The fourth-order valence-corrected chi connectivity index (χ4v) is 2.68. The van der Waals surface area contributed by atoms with E-state index < -0.39 is 0 Å². The summed E-state index contributed by atoms with van der Waals surface area (Å²) in [4.78, 5) is 8.51. The van der Waals surface area contributed by atoms with E-state index in [2.05, 4.69) is 15.3 Å². The van der Waals surface area contributed by atoms with Gasteiger partial charge >= 0.3 is 0 Å². The first kappa shape index (κ1) is 15.3. The molecule has 3 rings (SSSR count). The van der Waals surface area contributed by atoms with Crippen LogP contribution in [0.3, 0.4) is 0 Å². The molecule has 5 nitrogen and oxygen atoms in total. The Morgan fingerprint density at radius 2 is 1.76 bits per heavy atom. The van der Waals surface area contributed by atoms with Crippen molar-refractivity contribution < 1.29 is 9.47 Å². The largest absolute Gasteiger partial charge is 0.497 e. The SMILES string of the molecule is COc1cc(Nc2ncnc3ccsc23)cc(OC)c1.Cl. The molecule has 0 unspecified atom stereocenters. The van der Waals surface area contributed by atoms with Gasteiger partial charge in [-0.05, 0) is 11.4 Å². The number of aromatic nitrogens is 2. The summed E-state index contributed by atoms with van der Waals surface area (Å²) in [6.07, 6.45) is 1.55. The van der Waals surface area contributed by atoms with Crippen LogP contribution in [0, 0.1) is 0 Å². The average Bonchev–Trinajstić information content (AvgIpc) is 2.96. The van der Waals surface area contributed by atoms with Gasteiger partial charge in [0.2, 0.25) is 0 Å². The van der Waals surface area contributed by atoms with Crippen LogP contribution in [0.25, 0.3) is 10.2 Å². The van der Waals surface area contributed by atoms with Gasteiger partial charge in [0.1, 0.15) is 17.8 Å². The van der Waals surface area contributed by atoms with Crippen molar-refractivity contribution in [2.45, 2.75) is 0 Å². The number of benzene rings is 1. The van der Waals surface area contributed by atoms with Crippen molar-refractivity contribution in [3.8, 4) is 11.5 Å². The van der Waals surface area contributed by atoms with Gasteiger partial charge in [0.15, 0.2) is 5.82 Å². The minimum atomic E-state index is 0. The number of halogens is 1. The van der Waals surface area contributed by atoms with E-state index in [9.17, 15) is 0 Å². The van der Waals surface area contributed by atoms with Crippen LogP contribution in [-0.2, 0) is 0 Å². The molecule has 21 heavy (non-hydrogen) atoms. The third-order valence-electron chi connectivity index (χ3n) is 2.86. The van der Waals surface area contributed by atoms with Crippen molar-refractivity contribution in [3.63, 3.8) is 0 Å². The molecule has 0 saturated carbocycles. The summed E-state index contributed by atoms with van der Waals surface area (Å²) in [6.45, 7) is 0. The number of nitrogens with one attached hydrogen (secondary N) is 1. The van der Waals surface area contributed by atoms with Crippen LogP contribution < -0.4 is 14.8 Å². The fourth-order valence-electron chi connectivity index (χ4n) is 1.89. The van der Waals surface area contributed by atoms with E-state index in [-0.39, 0.29) is 12.4 Å². The Hall–Kier alpha value is -2.05. The molecule has 0 amide bonds. The summed E-state index contributed by atoms with van der Waals surface area (Å²) in [6, 6.07) is 7.58. The van der Waals surface area contributed by atoms with Crippen LogP contribution in [0.5, 0.6) is 11.5 Å². The Balaban J connectivity index is 0.00000161. The van der Waals surface area contributed by atoms with Gasteiger partial charge in [0.25, 0.3) is 0 Å². The van der Waals surface area contributed by atoms with Gasteiger partial charge in [-0.15, -0.1) is 23.7 Å². The van der Waals surface area contributed by atoms with Crippen molar-refractivity contribution in [2.75, 3.05) is 19.5 Å². The first-order valence-electron chi connectivity index (χ1n) is 5.98. The second-order valence-corrected chi connectivity index (χ2v) is 5.00. The number of anilines is 2. The van der Waals surface area contributed by atoms with E-state index >= 15 is 0 Å². The summed E-state index contributed by atoms with van der Waals surface area (Å²) in [7, 11) is 3.25. The molecule has 0 aliphatic heterocycles. The average molecular weight is 324 g/mol. The second kappa shape index (κ2) is 6.60. The number of methoxy groups -OCH3 is 2. The van der Waals surface area contributed by atoms with E-state index in [1.54, 1.807) is 31.9 Å². The number of hydrogen-bond donors (Lipinski definition) is 1. The molecular formula is C14H14ClN3O2S. The lowest BCUT2D eigenvalue weighted by Gasteiger charge is -2.10. The molecule has 0 atom stereocenters. The lowest BCUT2D eigenvalue weighted by molar-refractivity contribution is 0.395. The van der Waals surface area contributed by atoms with Crippen molar-refractivity contribution in [2.24, 2.45) is 0 Å². The molecule has 0 saturated heterocycles. The smallest absolute Gasteiger partial charge is 0.151 e. The molecule has 0 radical (unpaired) electrons. The highest BCUT2D eigenvalue weighted by Gasteiger charge is 2.07. The monoisotopic (exact) mass is 323 g/mol. The van der Waals surface area contributed by atoms with Gasteiger partial charge in [-0.3, -0.25) is 0 Å². The Morgan fingerprint density at radius 1 is 1.05 bits per heavy atom. The number of hydrogen-bond acceptors (Lipinski definition) is 6. The lowest BCUT2D eigenvalue weighted by Crippen LogP contribution is -1.96. The van der Waals surface area contributed by atoms with Crippen molar-refractivity contribution in [1.82, 2.24) is 9.97 Å². The molecule has 0 fully saturated rings. The van der Waals surface area contributed by atoms with Crippen molar-refractivity contribution in [3.05, 3.63) is 36.0 Å². The second-order valence-electron chi connectivity index (χ2n) is 4.08. The summed E-state index contributed by atoms with van der Waals surface area (Å²) in [5.41, 5.74) is 1.79. The zero-order valence-corrected chi connectivity index (χ0v) is 13.1. The minimum Gasteiger partial charge on any atom is -0.497 e. The third kappa shape index (κ3) is 3.17. The molecule has 0 aliphatic carbocycles. The van der Waals surface area contributed by atoms with Gasteiger partial charge in [-0.1, -0.05) is 0 Å². The van der Waals surface area contributed by atoms with E-state index in [1.165, 1.54) is 0 Å². The minimum absolute atomic E-state index is 0. The summed E-state index contributed by atoms with van der Waals surface area (Å²) in [5, 5.41) is 5.28. The van der Waals surface area contributed by atoms with Crippen LogP contribution in [0.4, 0.5) is 11.5 Å². The Bertz CT molecular complexity index is 726. The normalized spacial score (nSPS) is 10.0. The zero-order valence-electron chi connectivity index (χ0n) is 11.5. The molecule has 1 aromatic carbocycles. The Morgan fingerprint density at radius 3 is 2.43 bits per heavy atom. The van der Waals surface area contributed by atoms with Gasteiger partial charge < -0.3 is 14.8 Å². The van der Waals surface area contributed by atoms with Crippen LogP contribution in [0.1, 0.15) is 0 Å². The van der Waals surface area contributed by atoms with E-state index in [4.69, 9.17) is 9.47 Å². The number of fused-ring (bicyclic) bond motifs is 1. The van der Waals surface area contributed by atoms with Crippen LogP contribution in [0.2, 0.25) is 0 Å². The number of thiophene rings is 1. The summed E-state index contributed by atoms with van der Waals surface area (Å²) >= 11 is 1.60. The number of nitrogens with zero attached hydrogens (tertiary/aromatic N) is 2. The van der Waals surface area contributed by atoms with Crippen molar-refractivity contribution >= 4 is 45.5 Å². The highest BCUT2D eigenvalue weighted by molar-refractivity contribution is 7.17. The molecule has 2 aromatic heterocycles. The maximum Gasteiger partial charge on any atom is 0.151 e. The standard InChI is InChI=1S/C14H13N3O2S.ClH/c1-18-10-5-9(6-11(7-10)19-2)17-14-13-12(3-4-20-13)15-8-16-14;/h3-8H,1-2H3,(H,15,16,17);1H. The molecular weight excluding hydrogens is 310 g/mol. The highest BCUT2D eigenvalue weighted by Crippen LogP contribution is 2.31. The Labute approximate surface area is 132 Å². The zero-order chi connectivity index (χ0) is 13.9. The van der Waals surface area contributed by atoms with Gasteiger partial charge in [-0.25, -0.2) is 9.97 Å². The van der Waals surface area contributed by atoms with Crippen LogP contribution >= 0.6 is 23.7 Å². The summed E-state index contributed by atoms with van der Waals surface area (Å²) < 4.78 is 11.5. The molecule has 110 valence electrons. The van der Waals surface area contributed by atoms with Gasteiger partial charge in [0, 0.05) is 23.9 Å². The Kier molecular flexibility index (Phi) is 4.82.